The minimum absolute atomic E-state index is 0.0197. The highest BCUT2D eigenvalue weighted by atomic mass is 16.2. The molecule has 0 aromatic rings. The van der Waals surface area contributed by atoms with E-state index >= 15 is 0 Å². The Bertz CT molecular complexity index is 575. The van der Waals surface area contributed by atoms with Gasteiger partial charge in [-0.2, -0.15) is 5.26 Å². The van der Waals surface area contributed by atoms with Crippen LogP contribution < -0.4 is 10.2 Å². The molecule has 4 aliphatic carbocycles. The largest absolute Gasteiger partial charge is 0.349 e. The second-order valence-corrected chi connectivity index (χ2v) is 9.63. The zero-order chi connectivity index (χ0) is 19.6. The van der Waals surface area contributed by atoms with Gasteiger partial charge in [-0.1, -0.05) is 0 Å². The van der Waals surface area contributed by atoms with Crippen molar-refractivity contribution in [3.8, 4) is 6.07 Å². The molecule has 2 amide bonds. The van der Waals surface area contributed by atoms with Crippen molar-refractivity contribution in [2.45, 2.75) is 70.4 Å². The summed E-state index contributed by atoms with van der Waals surface area (Å²) in [4.78, 5) is 28.2. The first-order chi connectivity index (χ1) is 12.8. The lowest BCUT2D eigenvalue weighted by atomic mass is 9.52. The highest BCUT2D eigenvalue weighted by Crippen LogP contribution is 2.57. The van der Waals surface area contributed by atoms with Gasteiger partial charge in [0.1, 0.15) is 0 Å². The van der Waals surface area contributed by atoms with Crippen LogP contribution in [0.15, 0.2) is 0 Å². The van der Waals surface area contributed by atoms with Gasteiger partial charge >= 0.3 is 0 Å². The Kier molecular flexibility index (Phi) is 6.10. The van der Waals surface area contributed by atoms with Crippen molar-refractivity contribution in [3.63, 3.8) is 0 Å². The summed E-state index contributed by atoms with van der Waals surface area (Å²) in [6.45, 7) is 5.03. The average Bonchev–Trinajstić information content (AvgIpc) is 2.52. The molecule has 0 saturated heterocycles. The second-order valence-electron chi connectivity index (χ2n) is 9.63. The molecule has 0 aromatic carbocycles. The maximum absolute atomic E-state index is 13.2. The fraction of sp³-hybridized carbons (Fsp3) is 0.857. The van der Waals surface area contributed by atoms with Crippen molar-refractivity contribution in [2.24, 2.45) is 17.8 Å². The molecule has 4 fully saturated rings. The molecule has 1 atom stereocenters. The minimum atomic E-state index is -0.0246. The standard InChI is InChI=1S/C21H34N4O2/c1-15(2)23-19(26)13-24(3)14-20(27)25(6-4-5-22)21-10-16-7-17(11-21)9-18(8-16)12-21/h15-18H,4,6-14H2,1-3H3,(H,23,26)/p+1. The summed E-state index contributed by atoms with van der Waals surface area (Å²) in [7, 11) is 1.90. The van der Waals surface area contributed by atoms with E-state index in [0.29, 0.717) is 26.1 Å². The van der Waals surface area contributed by atoms with Crippen molar-refractivity contribution < 1.29 is 14.5 Å². The fourth-order valence-electron chi connectivity index (χ4n) is 6.25. The van der Waals surface area contributed by atoms with Gasteiger partial charge in [-0.05, 0) is 70.1 Å². The van der Waals surface area contributed by atoms with Gasteiger partial charge in [-0.3, -0.25) is 9.59 Å². The molecular formula is C21H35N4O2+. The minimum Gasteiger partial charge on any atom is -0.349 e. The number of carbonyl (C=O) groups excluding carboxylic acids is 2. The van der Waals surface area contributed by atoms with Crippen molar-refractivity contribution in [1.82, 2.24) is 10.2 Å². The van der Waals surface area contributed by atoms with Crippen LogP contribution in [0.25, 0.3) is 0 Å². The van der Waals surface area contributed by atoms with Crippen LogP contribution in [0.3, 0.4) is 0 Å². The lowest BCUT2D eigenvalue weighted by molar-refractivity contribution is -0.863. The molecule has 6 nitrogen and oxygen atoms in total. The Labute approximate surface area is 163 Å². The summed E-state index contributed by atoms with van der Waals surface area (Å²) < 4.78 is 0. The lowest BCUT2D eigenvalue weighted by Crippen LogP contribution is -3.11. The monoisotopic (exact) mass is 375 g/mol. The van der Waals surface area contributed by atoms with Gasteiger partial charge in [-0.25, -0.2) is 0 Å². The van der Waals surface area contributed by atoms with E-state index in [4.69, 9.17) is 5.26 Å². The second kappa shape index (κ2) is 8.18. The smallest absolute Gasteiger partial charge is 0.278 e. The molecule has 1 unspecified atom stereocenters. The van der Waals surface area contributed by atoms with Gasteiger partial charge in [0.2, 0.25) is 0 Å². The summed E-state index contributed by atoms with van der Waals surface area (Å²) in [5.41, 5.74) is -0.0246. The first-order valence-corrected chi connectivity index (χ1v) is 10.6. The summed E-state index contributed by atoms with van der Waals surface area (Å²) >= 11 is 0. The first kappa shape index (κ1) is 20.1. The van der Waals surface area contributed by atoms with E-state index in [9.17, 15) is 9.59 Å². The van der Waals surface area contributed by atoms with E-state index in [1.54, 1.807) is 0 Å². The molecule has 4 bridgehead atoms. The van der Waals surface area contributed by atoms with Crippen LogP contribution in [0.2, 0.25) is 0 Å². The highest BCUT2D eigenvalue weighted by Gasteiger charge is 2.54. The van der Waals surface area contributed by atoms with Crippen LogP contribution >= 0.6 is 0 Å². The van der Waals surface area contributed by atoms with E-state index in [1.807, 2.05) is 20.9 Å². The number of nitriles is 1. The number of quaternary nitrogens is 1. The zero-order valence-electron chi connectivity index (χ0n) is 17.1. The molecule has 27 heavy (non-hydrogen) atoms. The molecule has 4 saturated carbocycles. The van der Waals surface area contributed by atoms with Crippen LogP contribution in [0, 0.1) is 29.1 Å². The number of hydrogen-bond acceptors (Lipinski definition) is 3. The number of hydrogen-bond donors (Lipinski definition) is 2. The Morgan fingerprint density at radius 1 is 1.15 bits per heavy atom. The van der Waals surface area contributed by atoms with Crippen molar-refractivity contribution in [2.75, 3.05) is 26.7 Å². The fourth-order valence-corrected chi connectivity index (χ4v) is 6.25. The molecule has 4 rings (SSSR count). The molecule has 0 heterocycles. The Balaban J connectivity index is 1.67. The van der Waals surface area contributed by atoms with Gasteiger partial charge in [-0.15, -0.1) is 0 Å². The third kappa shape index (κ3) is 4.63. The summed E-state index contributed by atoms with van der Waals surface area (Å²) in [5.74, 6) is 2.37. The van der Waals surface area contributed by atoms with Gasteiger partial charge in [0.25, 0.3) is 11.8 Å². The van der Waals surface area contributed by atoms with Gasteiger partial charge in [0, 0.05) is 18.1 Å². The normalized spacial score (nSPS) is 32.2. The summed E-state index contributed by atoms with van der Waals surface area (Å²) in [6, 6.07) is 2.34. The topological polar surface area (TPSA) is 77.6 Å². The lowest BCUT2D eigenvalue weighted by Gasteiger charge is -2.60. The van der Waals surface area contributed by atoms with Gasteiger partial charge < -0.3 is 15.1 Å². The van der Waals surface area contributed by atoms with E-state index in [0.717, 1.165) is 41.9 Å². The third-order valence-electron chi connectivity index (χ3n) is 6.69. The van der Waals surface area contributed by atoms with Crippen LogP contribution in [0.5, 0.6) is 0 Å². The predicted molar refractivity (Wildman–Crippen MR) is 103 cm³/mol. The van der Waals surface area contributed by atoms with E-state index in [1.165, 1.54) is 19.3 Å². The average molecular weight is 376 g/mol. The van der Waals surface area contributed by atoms with Crippen LogP contribution in [0.1, 0.15) is 58.8 Å². The molecule has 150 valence electrons. The molecule has 4 aliphatic rings. The predicted octanol–water partition coefficient (Wildman–Crippen LogP) is 0.737. The summed E-state index contributed by atoms with van der Waals surface area (Å²) in [6.07, 6.45) is 7.73. The molecule has 2 N–H and O–H groups in total. The Morgan fingerprint density at radius 3 is 2.19 bits per heavy atom. The van der Waals surface area contributed by atoms with Gasteiger partial charge in [0.05, 0.1) is 19.5 Å². The van der Waals surface area contributed by atoms with Crippen LogP contribution in [0.4, 0.5) is 0 Å². The quantitative estimate of drug-likeness (QED) is 0.657. The number of amides is 2. The van der Waals surface area contributed by atoms with E-state index < -0.39 is 0 Å². The van der Waals surface area contributed by atoms with E-state index in [2.05, 4.69) is 16.3 Å². The molecule has 0 aliphatic heterocycles. The SMILES string of the molecule is CC(C)NC(=O)C[NH+](C)CC(=O)N(CCC#N)C12CC3CC(CC(C3)C1)C2. The Hall–Kier alpha value is -1.61. The highest BCUT2D eigenvalue weighted by molar-refractivity contribution is 5.79. The maximum Gasteiger partial charge on any atom is 0.278 e. The molecule has 6 heteroatoms. The number of carbonyl (C=O) groups is 2. The van der Waals surface area contributed by atoms with Crippen molar-refractivity contribution in [3.05, 3.63) is 0 Å². The first-order valence-electron chi connectivity index (χ1n) is 10.6. The number of likely N-dealkylation sites (N-methyl/N-ethyl adjacent to an activating group) is 1. The van der Waals surface area contributed by atoms with E-state index in [-0.39, 0.29) is 23.4 Å². The number of nitrogens with one attached hydrogen (secondary N) is 2. The number of nitrogens with zero attached hydrogens (tertiary/aromatic N) is 2. The van der Waals surface area contributed by atoms with Crippen LogP contribution in [-0.4, -0.2) is 55.0 Å². The summed E-state index contributed by atoms with van der Waals surface area (Å²) in [5, 5.41) is 12.0. The zero-order valence-corrected chi connectivity index (χ0v) is 17.1. The van der Waals surface area contributed by atoms with Crippen molar-refractivity contribution >= 4 is 11.8 Å². The number of rotatable bonds is 8. The maximum atomic E-state index is 13.2. The van der Waals surface area contributed by atoms with Crippen molar-refractivity contribution in [1.29, 1.82) is 5.26 Å². The molecular weight excluding hydrogens is 340 g/mol. The third-order valence-corrected chi connectivity index (χ3v) is 6.69. The molecule has 0 aromatic heterocycles. The Morgan fingerprint density at radius 2 is 1.70 bits per heavy atom. The molecule has 0 spiro atoms. The van der Waals surface area contributed by atoms with Gasteiger partial charge in [0.15, 0.2) is 13.1 Å². The van der Waals surface area contributed by atoms with Crippen LogP contribution in [-0.2, 0) is 9.59 Å². The molecule has 0 radical (unpaired) electrons.